The quantitative estimate of drug-likeness (QED) is 0.689. The maximum Gasteiger partial charge on any atom is 0.163 e. The first-order valence-corrected chi connectivity index (χ1v) is 6.62. The van der Waals surface area contributed by atoms with E-state index in [-0.39, 0.29) is 5.78 Å². The number of ether oxygens (including phenoxy) is 1. The van der Waals surface area contributed by atoms with Crippen LogP contribution in [0.1, 0.15) is 29.6 Å². The standard InChI is InChI=1S/C13H16BrNO2/c14-11-8-10(1-2-12(11)15)13(16)7-9-3-5-17-6-4-9/h1-2,8-9H,3-7,15H2. The van der Waals surface area contributed by atoms with Gasteiger partial charge in [-0.15, -0.1) is 0 Å². The van der Waals surface area contributed by atoms with Crippen LogP contribution in [0, 0.1) is 5.92 Å². The van der Waals surface area contributed by atoms with Gasteiger partial charge in [-0.1, -0.05) is 0 Å². The third kappa shape index (κ3) is 3.30. The third-order valence-electron chi connectivity index (χ3n) is 3.14. The molecule has 0 atom stereocenters. The Morgan fingerprint density at radius 1 is 1.41 bits per heavy atom. The second kappa shape index (κ2) is 5.65. The molecule has 1 aliphatic rings. The molecule has 0 saturated carbocycles. The largest absolute Gasteiger partial charge is 0.398 e. The average molecular weight is 298 g/mol. The maximum atomic E-state index is 12.1. The number of hydrogen-bond acceptors (Lipinski definition) is 3. The van der Waals surface area contributed by atoms with Gasteiger partial charge < -0.3 is 10.5 Å². The Hall–Kier alpha value is -0.870. The lowest BCUT2D eigenvalue weighted by atomic mass is 9.92. The maximum absolute atomic E-state index is 12.1. The number of halogens is 1. The number of rotatable bonds is 3. The van der Waals surface area contributed by atoms with Gasteiger partial charge in [0.05, 0.1) is 0 Å². The van der Waals surface area contributed by atoms with Crippen molar-refractivity contribution in [1.29, 1.82) is 0 Å². The molecule has 0 aliphatic carbocycles. The van der Waals surface area contributed by atoms with Crippen LogP contribution in [0.2, 0.25) is 0 Å². The van der Waals surface area contributed by atoms with Gasteiger partial charge in [0.2, 0.25) is 0 Å². The summed E-state index contributed by atoms with van der Waals surface area (Å²) in [5.74, 6) is 0.658. The van der Waals surface area contributed by atoms with E-state index < -0.39 is 0 Å². The van der Waals surface area contributed by atoms with Crippen molar-refractivity contribution >= 4 is 27.4 Å². The Balaban J connectivity index is 2.01. The lowest BCUT2D eigenvalue weighted by molar-refractivity contribution is 0.0601. The molecule has 0 aromatic heterocycles. The molecule has 1 aromatic carbocycles. The van der Waals surface area contributed by atoms with E-state index in [4.69, 9.17) is 10.5 Å². The van der Waals surface area contributed by atoms with E-state index in [2.05, 4.69) is 15.9 Å². The van der Waals surface area contributed by atoms with Crippen LogP contribution in [-0.2, 0) is 4.74 Å². The van der Waals surface area contributed by atoms with Crippen LogP contribution >= 0.6 is 15.9 Å². The highest BCUT2D eigenvalue weighted by Crippen LogP contribution is 2.24. The van der Waals surface area contributed by atoms with Crippen LogP contribution < -0.4 is 5.73 Å². The van der Waals surface area contributed by atoms with E-state index in [1.807, 2.05) is 0 Å². The molecule has 0 bridgehead atoms. The monoisotopic (exact) mass is 297 g/mol. The topological polar surface area (TPSA) is 52.3 Å². The Morgan fingerprint density at radius 2 is 2.12 bits per heavy atom. The molecule has 2 N–H and O–H groups in total. The zero-order chi connectivity index (χ0) is 12.3. The average Bonchev–Trinajstić information content (AvgIpc) is 2.34. The van der Waals surface area contributed by atoms with Gasteiger partial charge in [-0.05, 0) is 52.9 Å². The van der Waals surface area contributed by atoms with Crippen molar-refractivity contribution in [1.82, 2.24) is 0 Å². The number of Topliss-reactive ketones (excluding diaryl/α,β-unsaturated/α-hetero) is 1. The number of nitrogens with two attached hydrogens (primary N) is 1. The van der Waals surface area contributed by atoms with Crippen molar-refractivity contribution in [3.05, 3.63) is 28.2 Å². The van der Waals surface area contributed by atoms with Crippen molar-refractivity contribution in [2.45, 2.75) is 19.3 Å². The first-order valence-electron chi connectivity index (χ1n) is 5.83. The molecule has 0 spiro atoms. The summed E-state index contributed by atoms with van der Waals surface area (Å²) in [6.45, 7) is 1.56. The molecule has 1 aromatic rings. The smallest absolute Gasteiger partial charge is 0.163 e. The number of carbonyl (C=O) groups is 1. The van der Waals surface area contributed by atoms with E-state index in [1.165, 1.54) is 0 Å². The number of benzene rings is 1. The summed E-state index contributed by atoms with van der Waals surface area (Å²) in [6.07, 6.45) is 2.59. The number of carbonyl (C=O) groups excluding carboxylic acids is 1. The zero-order valence-electron chi connectivity index (χ0n) is 9.62. The number of nitrogen functional groups attached to an aromatic ring is 1. The Labute approximate surface area is 109 Å². The van der Waals surface area contributed by atoms with Gasteiger partial charge in [-0.25, -0.2) is 0 Å². The van der Waals surface area contributed by atoms with E-state index in [0.29, 0.717) is 18.0 Å². The van der Waals surface area contributed by atoms with E-state index in [0.717, 1.165) is 36.1 Å². The summed E-state index contributed by atoms with van der Waals surface area (Å²) < 4.78 is 6.07. The van der Waals surface area contributed by atoms with Crippen molar-refractivity contribution in [2.24, 2.45) is 5.92 Å². The molecule has 1 aliphatic heterocycles. The molecule has 17 heavy (non-hydrogen) atoms. The number of anilines is 1. The van der Waals surface area contributed by atoms with E-state index >= 15 is 0 Å². The predicted octanol–water partition coefficient (Wildman–Crippen LogP) is 3.03. The van der Waals surface area contributed by atoms with Crippen LogP contribution in [0.15, 0.2) is 22.7 Å². The SMILES string of the molecule is Nc1ccc(C(=O)CC2CCOCC2)cc1Br. The second-order valence-corrected chi connectivity index (χ2v) is 5.27. The minimum absolute atomic E-state index is 0.192. The molecule has 1 saturated heterocycles. The molecule has 3 nitrogen and oxygen atoms in total. The first kappa shape index (κ1) is 12.6. The van der Waals surface area contributed by atoms with Crippen LogP contribution in [0.5, 0.6) is 0 Å². The lowest BCUT2D eigenvalue weighted by Gasteiger charge is -2.21. The van der Waals surface area contributed by atoms with Crippen molar-refractivity contribution in [3.63, 3.8) is 0 Å². The van der Waals surface area contributed by atoms with Crippen molar-refractivity contribution in [3.8, 4) is 0 Å². The molecule has 1 heterocycles. The summed E-state index contributed by atoms with van der Waals surface area (Å²) >= 11 is 3.34. The fraction of sp³-hybridized carbons (Fsp3) is 0.462. The Morgan fingerprint density at radius 3 is 2.76 bits per heavy atom. The third-order valence-corrected chi connectivity index (χ3v) is 3.82. The predicted molar refractivity (Wildman–Crippen MR) is 71.0 cm³/mol. The fourth-order valence-electron chi connectivity index (χ4n) is 2.03. The van der Waals surface area contributed by atoms with Crippen LogP contribution in [-0.4, -0.2) is 19.0 Å². The summed E-state index contributed by atoms with van der Waals surface area (Å²) in [7, 11) is 0. The summed E-state index contributed by atoms with van der Waals surface area (Å²) in [5.41, 5.74) is 7.09. The van der Waals surface area contributed by atoms with E-state index in [1.54, 1.807) is 18.2 Å². The molecule has 1 fully saturated rings. The molecule has 92 valence electrons. The van der Waals surface area contributed by atoms with Crippen LogP contribution in [0.4, 0.5) is 5.69 Å². The molecular formula is C13H16BrNO2. The molecule has 0 unspecified atom stereocenters. The zero-order valence-corrected chi connectivity index (χ0v) is 11.2. The second-order valence-electron chi connectivity index (χ2n) is 4.42. The van der Waals surface area contributed by atoms with Gasteiger partial charge in [0.25, 0.3) is 0 Å². The highest BCUT2D eigenvalue weighted by Gasteiger charge is 2.18. The van der Waals surface area contributed by atoms with Gasteiger partial charge in [-0.2, -0.15) is 0 Å². The number of ketones is 1. The minimum atomic E-state index is 0.192. The molecular weight excluding hydrogens is 282 g/mol. The van der Waals surface area contributed by atoms with Crippen LogP contribution in [0.3, 0.4) is 0 Å². The normalized spacial score (nSPS) is 17.0. The molecule has 4 heteroatoms. The van der Waals surface area contributed by atoms with Gasteiger partial charge in [0.1, 0.15) is 0 Å². The van der Waals surface area contributed by atoms with Gasteiger partial charge in [0, 0.05) is 35.4 Å². The van der Waals surface area contributed by atoms with Gasteiger partial charge in [0.15, 0.2) is 5.78 Å². The van der Waals surface area contributed by atoms with Gasteiger partial charge in [-0.3, -0.25) is 4.79 Å². The van der Waals surface area contributed by atoms with E-state index in [9.17, 15) is 4.79 Å². The fourth-order valence-corrected chi connectivity index (χ4v) is 2.41. The number of hydrogen-bond donors (Lipinski definition) is 1. The molecule has 0 radical (unpaired) electrons. The summed E-state index contributed by atoms with van der Waals surface area (Å²) in [5, 5.41) is 0. The molecule has 0 amide bonds. The summed E-state index contributed by atoms with van der Waals surface area (Å²) in [6, 6.07) is 5.36. The Kier molecular flexibility index (Phi) is 4.18. The lowest BCUT2D eigenvalue weighted by Crippen LogP contribution is -2.18. The van der Waals surface area contributed by atoms with Crippen LogP contribution in [0.25, 0.3) is 0 Å². The first-order chi connectivity index (χ1) is 8.16. The molecule has 2 rings (SSSR count). The highest BCUT2D eigenvalue weighted by atomic mass is 79.9. The Bertz CT molecular complexity index is 414. The van der Waals surface area contributed by atoms with Crippen molar-refractivity contribution < 1.29 is 9.53 Å². The minimum Gasteiger partial charge on any atom is -0.398 e. The van der Waals surface area contributed by atoms with Gasteiger partial charge >= 0.3 is 0 Å². The van der Waals surface area contributed by atoms with Crippen molar-refractivity contribution in [2.75, 3.05) is 18.9 Å². The highest BCUT2D eigenvalue weighted by molar-refractivity contribution is 9.10. The summed E-state index contributed by atoms with van der Waals surface area (Å²) in [4.78, 5) is 12.1.